The van der Waals surface area contributed by atoms with E-state index in [1.54, 1.807) is 0 Å². The molecule has 1 aliphatic carbocycles. The van der Waals surface area contributed by atoms with E-state index in [2.05, 4.69) is 13.8 Å². The van der Waals surface area contributed by atoms with Crippen LogP contribution >= 0.6 is 47.0 Å². The molecule has 0 heterocycles. The first-order chi connectivity index (χ1) is 26.4. The summed E-state index contributed by atoms with van der Waals surface area (Å²) in [6.45, 7) is 4.72. The predicted octanol–water partition coefficient (Wildman–Crippen LogP) is 12.4. The number of rotatable bonds is 38. The summed E-state index contributed by atoms with van der Waals surface area (Å²) >= 11 is 7.32. The van der Waals surface area contributed by atoms with Crippen LogP contribution in [0.4, 0.5) is 0 Å². The van der Waals surface area contributed by atoms with E-state index in [0.717, 1.165) is 61.5 Å². The fraction of sp³-hybridized carbons (Fsp3) is 0.955. The number of thioether (sulfide) groups is 4. The van der Waals surface area contributed by atoms with E-state index in [-0.39, 0.29) is 25.2 Å². The molecule has 0 radical (unpaired) electrons. The molecule has 0 aromatic heterocycles. The number of carbonyl (C=O) groups is 2. The maximum atomic E-state index is 12.2. The van der Waals surface area contributed by atoms with Crippen molar-refractivity contribution >= 4 is 59.0 Å². The van der Waals surface area contributed by atoms with Crippen LogP contribution in [0.1, 0.15) is 194 Å². The van der Waals surface area contributed by atoms with E-state index in [0.29, 0.717) is 34.8 Å². The molecule has 1 fully saturated rings. The third-order valence-electron chi connectivity index (χ3n) is 10.2. The van der Waals surface area contributed by atoms with Gasteiger partial charge < -0.3 is 19.7 Å². The minimum atomic E-state index is -0.615. The second kappa shape index (κ2) is 40.1. The summed E-state index contributed by atoms with van der Waals surface area (Å²) in [6.07, 6.45) is 33.3. The second-order valence-electron chi connectivity index (χ2n) is 15.5. The summed E-state index contributed by atoms with van der Waals surface area (Å²) in [5, 5.41) is 21.9. The van der Waals surface area contributed by atoms with E-state index in [9.17, 15) is 19.8 Å². The quantitative estimate of drug-likeness (QED) is 0.0462. The van der Waals surface area contributed by atoms with Gasteiger partial charge in [-0.25, -0.2) is 0 Å². The third-order valence-corrected chi connectivity index (χ3v) is 15.4. The minimum Gasteiger partial charge on any atom is -0.463 e. The smallest absolute Gasteiger partial charge is 0.306 e. The first kappa shape index (κ1) is 52.3. The van der Waals surface area contributed by atoms with Gasteiger partial charge in [-0.15, -0.1) is 0 Å². The van der Waals surface area contributed by atoms with Gasteiger partial charge in [0, 0.05) is 33.5 Å². The van der Waals surface area contributed by atoms with Gasteiger partial charge in [0.1, 0.15) is 13.2 Å². The van der Waals surface area contributed by atoms with E-state index < -0.39 is 12.2 Å². The summed E-state index contributed by atoms with van der Waals surface area (Å²) in [7, 11) is 0. The van der Waals surface area contributed by atoms with Crippen molar-refractivity contribution in [3.8, 4) is 0 Å². The Balaban J connectivity index is 1.95. The van der Waals surface area contributed by atoms with Crippen LogP contribution in [0.2, 0.25) is 0 Å². The summed E-state index contributed by atoms with van der Waals surface area (Å²) in [5.74, 6) is 4.64. The van der Waals surface area contributed by atoms with Crippen molar-refractivity contribution in [3.05, 3.63) is 0 Å². The lowest BCUT2D eigenvalue weighted by Gasteiger charge is -2.25. The first-order valence-electron chi connectivity index (χ1n) is 22.5. The fourth-order valence-electron chi connectivity index (χ4n) is 6.78. The molecule has 2 unspecified atom stereocenters. The Morgan fingerprint density at radius 1 is 0.500 bits per heavy atom. The monoisotopic (exact) mass is 837 g/mol. The molecule has 0 aromatic carbocycles. The average molecular weight is 837 g/mol. The van der Waals surface area contributed by atoms with Crippen molar-refractivity contribution < 1.29 is 29.3 Å². The Kier molecular flexibility index (Phi) is 38.8. The molecule has 2 atom stereocenters. The molecule has 1 saturated carbocycles. The maximum Gasteiger partial charge on any atom is 0.306 e. The van der Waals surface area contributed by atoms with Crippen molar-refractivity contribution in [2.75, 3.05) is 47.7 Å². The number of unbranched alkanes of at least 4 members (excludes halogenated alkanes) is 18. The van der Waals surface area contributed by atoms with Gasteiger partial charge in [0.15, 0.2) is 0 Å². The van der Waals surface area contributed by atoms with Crippen LogP contribution in [0.3, 0.4) is 0 Å². The van der Waals surface area contributed by atoms with Gasteiger partial charge in [-0.3, -0.25) is 9.59 Å². The number of carbonyl (C=O) groups excluding carboxylic acids is 2. The molecular formula is C44H84O6S4. The lowest BCUT2D eigenvalue weighted by molar-refractivity contribution is -0.146. The molecule has 0 spiro atoms. The van der Waals surface area contributed by atoms with Crippen LogP contribution < -0.4 is 0 Å². The van der Waals surface area contributed by atoms with Crippen LogP contribution in [0, 0.1) is 0 Å². The number of aliphatic hydroxyl groups is 2. The zero-order valence-corrected chi connectivity index (χ0v) is 38.2. The molecular weight excluding hydrogens is 753 g/mol. The predicted molar refractivity (Wildman–Crippen MR) is 242 cm³/mol. The maximum absolute atomic E-state index is 12.2. The highest BCUT2D eigenvalue weighted by atomic mass is 32.2. The Hall–Kier alpha value is 0.260. The lowest BCUT2D eigenvalue weighted by Crippen LogP contribution is -2.24. The van der Waals surface area contributed by atoms with Crippen LogP contribution in [0.5, 0.6) is 0 Å². The van der Waals surface area contributed by atoms with Gasteiger partial charge >= 0.3 is 11.9 Å². The van der Waals surface area contributed by atoms with Gasteiger partial charge in [0.2, 0.25) is 0 Å². The molecule has 2 N–H and O–H groups in total. The van der Waals surface area contributed by atoms with E-state index >= 15 is 0 Å². The van der Waals surface area contributed by atoms with Crippen molar-refractivity contribution in [1.82, 2.24) is 0 Å². The topological polar surface area (TPSA) is 93.1 Å². The van der Waals surface area contributed by atoms with Gasteiger partial charge in [-0.2, -0.15) is 47.0 Å². The van der Waals surface area contributed by atoms with E-state index in [4.69, 9.17) is 9.47 Å². The van der Waals surface area contributed by atoms with E-state index in [1.165, 1.54) is 128 Å². The van der Waals surface area contributed by atoms with Crippen molar-refractivity contribution in [2.45, 2.75) is 216 Å². The highest BCUT2D eigenvalue weighted by Crippen LogP contribution is 2.32. The van der Waals surface area contributed by atoms with Crippen molar-refractivity contribution in [2.24, 2.45) is 0 Å². The standard InChI is InChI=1S/C44H84O6S4/c1-3-5-7-9-11-13-15-17-19-21-31-51-33-29-43(47)49-35-39(45)37-53-41-25-23-27-42(28-24-26-41)54-38-40(46)36-50-44(48)30-34-52-32-22-20-18-16-14-12-10-8-6-4-2/h39-42,45-46H,3-38H2,1-2H3. The molecule has 0 aliphatic heterocycles. The minimum absolute atomic E-state index is 0.0937. The normalized spacial score (nSPS) is 17.5. The number of ether oxygens (including phenoxy) is 2. The Morgan fingerprint density at radius 2 is 0.815 bits per heavy atom. The molecule has 320 valence electrons. The van der Waals surface area contributed by atoms with Crippen molar-refractivity contribution in [3.63, 3.8) is 0 Å². The van der Waals surface area contributed by atoms with Gasteiger partial charge in [-0.05, 0) is 50.0 Å². The fourth-order valence-corrected chi connectivity index (χ4v) is 11.1. The lowest BCUT2D eigenvalue weighted by atomic mass is 10.0. The largest absolute Gasteiger partial charge is 0.463 e. The average Bonchev–Trinajstić information content (AvgIpc) is 3.16. The Morgan fingerprint density at radius 3 is 1.15 bits per heavy atom. The SMILES string of the molecule is CCCCCCCCCCCCSCCC(=O)OCC(O)CSC1CCCC(SCC(O)COC(=O)CCSCCCCCCCCCCCC)CCC1. The van der Waals surface area contributed by atoms with Crippen LogP contribution in [-0.4, -0.2) is 92.6 Å². The highest BCUT2D eigenvalue weighted by Gasteiger charge is 2.20. The molecule has 0 saturated heterocycles. The molecule has 10 heteroatoms. The van der Waals surface area contributed by atoms with Crippen LogP contribution in [0.25, 0.3) is 0 Å². The Labute approximate surface area is 350 Å². The number of esters is 2. The summed E-state index contributed by atoms with van der Waals surface area (Å²) in [5.41, 5.74) is 0. The second-order valence-corrected chi connectivity index (χ2v) is 20.7. The van der Waals surface area contributed by atoms with E-state index in [1.807, 2.05) is 47.0 Å². The first-order valence-corrected chi connectivity index (χ1v) is 26.9. The molecule has 54 heavy (non-hydrogen) atoms. The van der Waals surface area contributed by atoms with Crippen molar-refractivity contribution in [1.29, 1.82) is 0 Å². The number of hydrogen-bond acceptors (Lipinski definition) is 10. The third kappa shape index (κ3) is 35.4. The zero-order chi connectivity index (χ0) is 39.2. The van der Waals surface area contributed by atoms with Gasteiger partial charge in [0.05, 0.1) is 25.0 Å². The summed E-state index contributed by atoms with van der Waals surface area (Å²) < 4.78 is 10.7. The summed E-state index contributed by atoms with van der Waals surface area (Å²) in [6, 6.07) is 0. The number of aliphatic hydroxyl groups excluding tert-OH is 2. The molecule has 1 aliphatic rings. The zero-order valence-electron chi connectivity index (χ0n) is 34.9. The van der Waals surface area contributed by atoms with Crippen LogP contribution in [0.15, 0.2) is 0 Å². The molecule has 0 amide bonds. The van der Waals surface area contributed by atoms with Gasteiger partial charge in [-0.1, -0.05) is 142 Å². The summed E-state index contributed by atoms with van der Waals surface area (Å²) in [4.78, 5) is 24.3. The Bertz CT molecular complexity index is 763. The molecule has 0 bridgehead atoms. The molecule has 1 rings (SSSR count). The molecule has 6 nitrogen and oxygen atoms in total. The van der Waals surface area contributed by atoms with Crippen LogP contribution in [-0.2, 0) is 19.1 Å². The molecule has 0 aromatic rings. The highest BCUT2D eigenvalue weighted by molar-refractivity contribution is 8.00. The van der Waals surface area contributed by atoms with Gasteiger partial charge in [0.25, 0.3) is 0 Å². The number of hydrogen-bond donors (Lipinski definition) is 2.